The Morgan fingerprint density at radius 3 is 2.31 bits per heavy atom. The number of aromatic nitrogens is 2. The Balaban J connectivity index is 2.91. The van der Waals surface area contributed by atoms with Crippen molar-refractivity contribution in [3.05, 3.63) is 17.0 Å². The summed E-state index contributed by atoms with van der Waals surface area (Å²) < 4.78 is 1.80. The van der Waals surface area contributed by atoms with Crippen LogP contribution in [0.1, 0.15) is 48.9 Å². The third kappa shape index (κ3) is 2.84. The highest BCUT2D eigenvalue weighted by Crippen LogP contribution is 2.21. The van der Waals surface area contributed by atoms with Gasteiger partial charge in [0, 0.05) is 6.54 Å². The smallest absolute Gasteiger partial charge is 0.339 e. The molecule has 0 saturated heterocycles. The van der Waals surface area contributed by atoms with Crippen molar-refractivity contribution in [2.24, 2.45) is 5.41 Å². The fourth-order valence-electron chi connectivity index (χ4n) is 1.67. The van der Waals surface area contributed by atoms with E-state index in [2.05, 4.69) is 25.9 Å². The highest BCUT2D eigenvalue weighted by atomic mass is 16.4. The molecule has 0 aromatic carbocycles. The van der Waals surface area contributed by atoms with Crippen LogP contribution >= 0.6 is 0 Å². The Labute approximate surface area is 96.3 Å². The van der Waals surface area contributed by atoms with E-state index in [0.717, 1.165) is 18.7 Å². The van der Waals surface area contributed by atoms with Crippen molar-refractivity contribution in [2.75, 3.05) is 0 Å². The average molecular weight is 224 g/mol. The third-order valence-electron chi connectivity index (χ3n) is 2.67. The molecule has 1 aromatic heterocycles. The minimum absolute atomic E-state index is 0.232. The van der Waals surface area contributed by atoms with Crippen LogP contribution in [0.5, 0.6) is 0 Å². The van der Waals surface area contributed by atoms with E-state index >= 15 is 0 Å². The van der Waals surface area contributed by atoms with Crippen LogP contribution in [0.15, 0.2) is 0 Å². The highest BCUT2D eigenvalue weighted by molar-refractivity contribution is 5.90. The van der Waals surface area contributed by atoms with Crippen LogP contribution in [0.3, 0.4) is 0 Å². The van der Waals surface area contributed by atoms with Gasteiger partial charge in [0.25, 0.3) is 0 Å². The zero-order valence-electron chi connectivity index (χ0n) is 10.7. The van der Waals surface area contributed by atoms with Crippen LogP contribution in [0.4, 0.5) is 0 Å². The number of nitrogens with zero attached hydrogens (tertiary/aromatic N) is 2. The molecular formula is C12H20N2O2. The summed E-state index contributed by atoms with van der Waals surface area (Å²) in [6.45, 7) is 10.8. The summed E-state index contributed by atoms with van der Waals surface area (Å²) in [7, 11) is 0. The van der Waals surface area contributed by atoms with Crippen LogP contribution in [0.25, 0.3) is 0 Å². The molecule has 16 heavy (non-hydrogen) atoms. The highest BCUT2D eigenvalue weighted by Gasteiger charge is 2.18. The minimum Gasteiger partial charge on any atom is -0.478 e. The molecule has 0 fully saturated rings. The molecule has 0 atom stereocenters. The van der Waals surface area contributed by atoms with Gasteiger partial charge >= 0.3 is 5.97 Å². The molecular weight excluding hydrogens is 204 g/mol. The number of rotatable bonds is 3. The lowest BCUT2D eigenvalue weighted by Crippen LogP contribution is -2.12. The van der Waals surface area contributed by atoms with Gasteiger partial charge in [0.05, 0.1) is 11.4 Å². The molecule has 1 aromatic rings. The molecule has 0 amide bonds. The van der Waals surface area contributed by atoms with E-state index in [4.69, 9.17) is 5.11 Å². The van der Waals surface area contributed by atoms with E-state index in [1.54, 1.807) is 11.6 Å². The standard InChI is InChI=1S/C12H20N2O2/c1-8-10(11(15)16)9(2)14(13-8)7-6-12(3,4)5/h6-7H2,1-5H3,(H,15,16). The molecule has 0 aliphatic carbocycles. The Hall–Kier alpha value is -1.32. The van der Waals surface area contributed by atoms with E-state index in [1.807, 2.05) is 6.92 Å². The van der Waals surface area contributed by atoms with E-state index in [9.17, 15) is 4.79 Å². The van der Waals surface area contributed by atoms with Gasteiger partial charge < -0.3 is 5.11 Å². The molecule has 0 aliphatic rings. The lowest BCUT2D eigenvalue weighted by atomic mass is 9.92. The van der Waals surface area contributed by atoms with Crippen LogP contribution in [0.2, 0.25) is 0 Å². The summed E-state index contributed by atoms with van der Waals surface area (Å²) in [5.74, 6) is -0.892. The maximum atomic E-state index is 11.0. The topological polar surface area (TPSA) is 55.1 Å². The second-order valence-electron chi connectivity index (χ2n) is 5.38. The second-order valence-corrected chi connectivity index (χ2v) is 5.38. The number of hydrogen-bond acceptors (Lipinski definition) is 2. The summed E-state index contributed by atoms with van der Waals surface area (Å²) in [5, 5.41) is 13.3. The van der Waals surface area contributed by atoms with Crippen LogP contribution in [-0.4, -0.2) is 20.9 Å². The van der Waals surface area contributed by atoms with E-state index < -0.39 is 5.97 Å². The van der Waals surface area contributed by atoms with Gasteiger partial charge in [-0.25, -0.2) is 4.79 Å². The third-order valence-corrected chi connectivity index (χ3v) is 2.67. The Morgan fingerprint density at radius 2 is 1.94 bits per heavy atom. The molecule has 0 saturated carbocycles. The Morgan fingerprint density at radius 1 is 1.38 bits per heavy atom. The number of carboxylic acids is 1. The van der Waals surface area contributed by atoms with Gasteiger partial charge in [0.1, 0.15) is 5.56 Å². The van der Waals surface area contributed by atoms with E-state index in [-0.39, 0.29) is 5.41 Å². The van der Waals surface area contributed by atoms with Crippen LogP contribution in [0, 0.1) is 19.3 Å². The summed E-state index contributed by atoms with van der Waals surface area (Å²) in [4.78, 5) is 11.0. The van der Waals surface area contributed by atoms with Gasteiger partial charge in [-0.3, -0.25) is 4.68 Å². The lowest BCUT2D eigenvalue weighted by Gasteiger charge is -2.18. The Kier molecular flexibility index (Phi) is 3.41. The first-order valence-corrected chi connectivity index (χ1v) is 5.49. The number of aromatic carboxylic acids is 1. The fraction of sp³-hybridized carbons (Fsp3) is 0.667. The first-order valence-electron chi connectivity index (χ1n) is 5.49. The van der Waals surface area contributed by atoms with Crippen molar-refractivity contribution in [3.8, 4) is 0 Å². The summed E-state index contributed by atoms with van der Waals surface area (Å²) in [6, 6.07) is 0. The van der Waals surface area contributed by atoms with Crippen molar-refractivity contribution < 1.29 is 9.90 Å². The summed E-state index contributed by atoms with van der Waals surface area (Å²) in [6.07, 6.45) is 0.980. The van der Waals surface area contributed by atoms with Gasteiger partial charge in [-0.15, -0.1) is 0 Å². The number of carboxylic acid groups (broad SMARTS) is 1. The molecule has 1 N–H and O–H groups in total. The van der Waals surface area contributed by atoms with Crippen molar-refractivity contribution in [1.82, 2.24) is 9.78 Å². The predicted octanol–water partition coefficient (Wildman–Crippen LogP) is 2.63. The van der Waals surface area contributed by atoms with Gasteiger partial charge in [-0.05, 0) is 25.7 Å². The second kappa shape index (κ2) is 4.28. The van der Waals surface area contributed by atoms with Crippen LogP contribution < -0.4 is 0 Å². The predicted molar refractivity (Wildman–Crippen MR) is 62.7 cm³/mol. The molecule has 0 aliphatic heterocycles. The summed E-state index contributed by atoms with van der Waals surface area (Å²) >= 11 is 0. The van der Waals surface area contributed by atoms with Crippen molar-refractivity contribution in [3.63, 3.8) is 0 Å². The number of carbonyl (C=O) groups is 1. The molecule has 1 heterocycles. The largest absolute Gasteiger partial charge is 0.478 e. The molecule has 0 unspecified atom stereocenters. The first kappa shape index (κ1) is 12.7. The van der Waals surface area contributed by atoms with Crippen LogP contribution in [-0.2, 0) is 6.54 Å². The zero-order valence-corrected chi connectivity index (χ0v) is 10.7. The normalized spacial score (nSPS) is 11.8. The quantitative estimate of drug-likeness (QED) is 0.858. The van der Waals surface area contributed by atoms with Gasteiger partial charge in [-0.1, -0.05) is 20.8 Å². The molecule has 0 spiro atoms. The summed E-state index contributed by atoms with van der Waals surface area (Å²) in [5.41, 5.74) is 1.91. The molecule has 0 radical (unpaired) electrons. The van der Waals surface area contributed by atoms with Crippen molar-refractivity contribution >= 4 is 5.97 Å². The molecule has 4 heteroatoms. The maximum absolute atomic E-state index is 11.0. The minimum atomic E-state index is -0.892. The molecule has 90 valence electrons. The van der Waals surface area contributed by atoms with Crippen molar-refractivity contribution in [2.45, 2.75) is 47.6 Å². The van der Waals surface area contributed by atoms with Gasteiger partial charge in [0.15, 0.2) is 0 Å². The Bertz CT molecular complexity index is 400. The fourth-order valence-corrected chi connectivity index (χ4v) is 1.67. The van der Waals surface area contributed by atoms with Gasteiger partial charge in [0.2, 0.25) is 0 Å². The first-order chi connectivity index (χ1) is 7.22. The van der Waals surface area contributed by atoms with E-state index in [1.165, 1.54) is 0 Å². The number of aryl methyl sites for hydroxylation is 2. The SMILES string of the molecule is Cc1nn(CCC(C)(C)C)c(C)c1C(=O)O. The van der Waals surface area contributed by atoms with Gasteiger partial charge in [-0.2, -0.15) is 5.10 Å². The average Bonchev–Trinajstić information content (AvgIpc) is 2.36. The molecule has 4 nitrogen and oxygen atoms in total. The van der Waals surface area contributed by atoms with E-state index in [0.29, 0.717) is 11.3 Å². The molecule has 0 bridgehead atoms. The lowest BCUT2D eigenvalue weighted by molar-refractivity contribution is 0.0695. The monoisotopic (exact) mass is 224 g/mol. The molecule has 1 rings (SSSR count). The number of hydrogen-bond donors (Lipinski definition) is 1. The van der Waals surface area contributed by atoms with Crippen molar-refractivity contribution in [1.29, 1.82) is 0 Å². The maximum Gasteiger partial charge on any atom is 0.339 e. The zero-order chi connectivity index (χ0) is 12.5.